The van der Waals surface area contributed by atoms with Crippen LogP contribution in [0.15, 0.2) is 0 Å². The van der Waals surface area contributed by atoms with Gasteiger partial charge in [-0.3, -0.25) is 0 Å². The molecule has 0 heterocycles. The Kier molecular flexibility index (Phi) is 8.75. The fraction of sp³-hybridized carbons (Fsp3) is 1.00. The first-order valence-electron chi connectivity index (χ1n) is 8.51. The molecule has 0 aromatic rings. The molecular weight excluding hydrogens is 218 g/mol. The summed E-state index contributed by atoms with van der Waals surface area (Å²) in [6.45, 7) is 8.24. The molecule has 1 nitrogen and oxygen atoms in total. The number of rotatable bonds is 9. The molecule has 1 aliphatic carbocycles. The van der Waals surface area contributed by atoms with Crippen molar-refractivity contribution < 1.29 is 0 Å². The van der Waals surface area contributed by atoms with E-state index in [2.05, 4.69) is 26.1 Å². The number of hydrogen-bond acceptors (Lipinski definition) is 1. The number of unbranched alkanes of at least 4 members (excludes halogenated alkanes) is 3. The Morgan fingerprint density at radius 3 is 2.56 bits per heavy atom. The van der Waals surface area contributed by atoms with Crippen molar-refractivity contribution in [2.75, 3.05) is 6.54 Å². The molecule has 0 aromatic heterocycles. The summed E-state index contributed by atoms with van der Waals surface area (Å²) in [6, 6.07) is 0.810. The SMILES string of the molecule is CCCCCCC(NCCC)C1CCCC(C)C1. The van der Waals surface area contributed by atoms with Gasteiger partial charge in [-0.25, -0.2) is 0 Å². The van der Waals surface area contributed by atoms with Crippen LogP contribution in [0.25, 0.3) is 0 Å². The van der Waals surface area contributed by atoms with Crippen molar-refractivity contribution in [1.82, 2.24) is 5.32 Å². The highest BCUT2D eigenvalue weighted by molar-refractivity contribution is 4.81. The lowest BCUT2D eigenvalue weighted by atomic mass is 9.77. The number of hydrogen-bond donors (Lipinski definition) is 1. The maximum Gasteiger partial charge on any atom is 0.00954 e. The first-order chi connectivity index (χ1) is 8.77. The van der Waals surface area contributed by atoms with Crippen LogP contribution >= 0.6 is 0 Å². The van der Waals surface area contributed by atoms with Crippen molar-refractivity contribution in [2.24, 2.45) is 11.8 Å². The van der Waals surface area contributed by atoms with Gasteiger partial charge >= 0.3 is 0 Å². The second-order valence-corrected chi connectivity index (χ2v) is 6.44. The Morgan fingerprint density at radius 2 is 1.89 bits per heavy atom. The molecule has 3 unspecified atom stereocenters. The van der Waals surface area contributed by atoms with Crippen LogP contribution in [0.3, 0.4) is 0 Å². The minimum absolute atomic E-state index is 0.810. The Hall–Kier alpha value is -0.0400. The summed E-state index contributed by atoms with van der Waals surface area (Å²) >= 11 is 0. The van der Waals surface area contributed by atoms with E-state index >= 15 is 0 Å². The van der Waals surface area contributed by atoms with Crippen LogP contribution in [0.5, 0.6) is 0 Å². The molecule has 0 bridgehead atoms. The van der Waals surface area contributed by atoms with Gasteiger partial charge in [0.15, 0.2) is 0 Å². The largest absolute Gasteiger partial charge is 0.314 e. The molecule has 1 N–H and O–H groups in total. The van der Waals surface area contributed by atoms with Crippen LogP contribution in [0.2, 0.25) is 0 Å². The van der Waals surface area contributed by atoms with Crippen LogP contribution in [0.1, 0.15) is 85.0 Å². The summed E-state index contributed by atoms with van der Waals surface area (Å²) < 4.78 is 0. The highest BCUT2D eigenvalue weighted by Crippen LogP contribution is 2.32. The fourth-order valence-electron chi connectivity index (χ4n) is 3.47. The standard InChI is InChI=1S/C17H35N/c1-4-6-7-8-12-17(18-13-5-2)16-11-9-10-15(3)14-16/h15-18H,4-14H2,1-3H3. The van der Waals surface area contributed by atoms with E-state index in [9.17, 15) is 0 Å². The van der Waals surface area contributed by atoms with E-state index in [1.807, 2.05) is 0 Å². The lowest BCUT2D eigenvalue weighted by molar-refractivity contribution is 0.212. The van der Waals surface area contributed by atoms with Crippen molar-refractivity contribution in [3.05, 3.63) is 0 Å². The van der Waals surface area contributed by atoms with E-state index in [0.29, 0.717) is 0 Å². The average molecular weight is 253 g/mol. The van der Waals surface area contributed by atoms with Gasteiger partial charge in [-0.15, -0.1) is 0 Å². The summed E-state index contributed by atoms with van der Waals surface area (Å²) in [7, 11) is 0. The molecule has 0 aromatic carbocycles. The third kappa shape index (κ3) is 6.22. The third-order valence-corrected chi connectivity index (χ3v) is 4.57. The second kappa shape index (κ2) is 9.83. The smallest absolute Gasteiger partial charge is 0.00954 e. The van der Waals surface area contributed by atoms with Crippen LogP contribution in [-0.4, -0.2) is 12.6 Å². The van der Waals surface area contributed by atoms with Gasteiger partial charge in [-0.2, -0.15) is 0 Å². The summed E-state index contributed by atoms with van der Waals surface area (Å²) in [4.78, 5) is 0. The van der Waals surface area contributed by atoms with Gasteiger partial charge < -0.3 is 5.32 Å². The van der Waals surface area contributed by atoms with Crippen molar-refractivity contribution in [3.63, 3.8) is 0 Å². The summed E-state index contributed by atoms with van der Waals surface area (Å²) in [5, 5.41) is 3.84. The van der Waals surface area contributed by atoms with E-state index in [1.165, 1.54) is 70.8 Å². The van der Waals surface area contributed by atoms with Crippen molar-refractivity contribution in [2.45, 2.75) is 91.0 Å². The molecule has 1 heteroatoms. The first-order valence-corrected chi connectivity index (χ1v) is 8.51. The normalized spacial score (nSPS) is 26.2. The van der Waals surface area contributed by atoms with Gasteiger partial charge in [0.1, 0.15) is 0 Å². The molecule has 0 spiro atoms. The van der Waals surface area contributed by atoms with E-state index in [4.69, 9.17) is 0 Å². The predicted molar refractivity (Wildman–Crippen MR) is 82.0 cm³/mol. The van der Waals surface area contributed by atoms with E-state index in [-0.39, 0.29) is 0 Å². The van der Waals surface area contributed by atoms with Crippen LogP contribution < -0.4 is 5.32 Å². The molecule has 108 valence electrons. The predicted octanol–water partition coefficient (Wildman–Crippen LogP) is 5.15. The summed E-state index contributed by atoms with van der Waals surface area (Å²) in [6.07, 6.45) is 14.2. The Bertz CT molecular complexity index is 190. The van der Waals surface area contributed by atoms with Gasteiger partial charge in [-0.05, 0) is 44.1 Å². The molecule has 1 fully saturated rings. The zero-order valence-electron chi connectivity index (χ0n) is 13.0. The molecule has 1 saturated carbocycles. The van der Waals surface area contributed by atoms with Gasteiger partial charge in [0.2, 0.25) is 0 Å². The first kappa shape index (κ1) is 16.0. The zero-order chi connectivity index (χ0) is 13.2. The maximum absolute atomic E-state index is 3.84. The minimum atomic E-state index is 0.810. The highest BCUT2D eigenvalue weighted by Gasteiger charge is 2.25. The molecule has 0 radical (unpaired) electrons. The van der Waals surface area contributed by atoms with Gasteiger partial charge in [-0.1, -0.05) is 59.3 Å². The highest BCUT2D eigenvalue weighted by atomic mass is 14.9. The summed E-state index contributed by atoms with van der Waals surface area (Å²) in [5.74, 6) is 1.92. The van der Waals surface area contributed by atoms with Crippen LogP contribution in [0, 0.1) is 11.8 Å². The molecule has 1 rings (SSSR count). The van der Waals surface area contributed by atoms with Crippen molar-refractivity contribution in [3.8, 4) is 0 Å². The Morgan fingerprint density at radius 1 is 1.06 bits per heavy atom. The minimum Gasteiger partial charge on any atom is -0.314 e. The molecule has 18 heavy (non-hydrogen) atoms. The Balaban J connectivity index is 2.33. The summed E-state index contributed by atoms with van der Waals surface area (Å²) in [5.41, 5.74) is 0. The molecule has 1 aliphatic rings. The average Bonchev–Trinajstić information content (AvgIpc) is 2.38. The van der Waals surface area contributed by atoms with E-state index in [0.717, 1.165) is 17.9 Å². The van der Waals surface area contributed by atoms with Gasteiger partial charge in [0.25, 0.3) is 0 Å². The van der Waals surface area contributed by atoms with Gasteiger partial charge in [0.05, 0.1) is 0 Å². The van der Waals surface area contributed by atoms with E-state index < -0.39 is 0 Å². The van der Waals surface area contributed by atoms with Crippen molar-refractivity contribution in [1.29, 1.82) is 0 Å². The molecule has 0 aliphatic heterocycles. The van der Waals surface area contributed by atoms with Crippen molar-refractivity contribution >= 4 is 0 Å². The zero-order valence-corrected chi connectivity index (χ0v) is 13.0. The lowest BCUT2D eigenvalue weighted by Crippen LogP contribution is -2.38. The molecule has 3 atom stereocenters. The molecular formula is C17H35N. The van der Waals surface area contributed by atoms with Crippen LogP contribution in [0.4, 0.5) is 0 Å². The monoisotopic (exact) mass is 253 g/mol. The third-order valence-electron chi connectivity index (χ3n) is 4.57. The molecule has 0 amide bonds. The Labute approximate surface area is 115 Å². The quantitative estimate of drug-likeness (QED) is 0.560. The van der Waals surface area contributed by atoms with E-state index in [1.54, 1.807) is 0 Å². The number of nitrogens with one attached hydrogen (secondary N) is 1. The van der Waals surface area contributed by atoms with Crippen LogP contribution in [-0.2, 0) is 0 Å². The van der Waals surface area contributed by atoms with Gasteiger partial charge in [0, 0.05) is 6.04 Å². The lowest BCUT2D eigenvalue weighted by Gasteiger charge is -2.34. The maximum atomic E-state index is 3.84. The topological polar surface area (TPSA) is 12.0 Å². The fourth-order valence-corrected chi connectivity index (χ4v) is 3.47. The molecule has 0 saturated heterocycles. The second-order valence-electron chi connectivity index (χ2n) is 6.44.